The summed E-state index contributed by atoms with van der Waals surface area (Å²) in [5, 5.41) is 1.63. The maximum absolute atomic E-state index is 5.82. The van der Waals surface area contributed by atoms with Crippen LogP contribution in [0.1, 0.15) is 58.3 Å². The molecule has 2 heteroatoms. The third kappa shape index (κ3) is 8.11. The minimum Gasteiger partial charge on any atom is -0.127 e. The Morgan fingerprint density at radius 1 is 0.800 bits per heavy atom. The number of rotatable bonds is 12. The molecule has 20 heavy (non-hydrogen) atoms. The van der Waals surface area contributed by atoms with Gasteiger partial charge in [-0.15, -0.1) is 11.6 Å². The molecule has 0 aromatic heterocycles. The zero-order valence-electron chi connectivity index (χ0n) is 13.0. The molecule has 0 fully saturated rings. The summed E-state index contributed by atoms with van der Waals surface area (Å²) in [6, 6.07) is 14.1. The van der Waals surface area contributed by atoms with E-state index in [0.29, 0.717) is 0 Å². The van der Waals surface area contributed by atoms with Crippen molar-refractivity contribution in [3.05, 3.63) is 30.3 Å². The molecular weight excluding hydrogens is 280 g/mol. The molecule has 0 saturated carbocycles. The van der Waals surface area contributed by atoms with Gasteiger partial charge in [-0.05, 0) is 6.42 Å². The summed E-state index contributed by atoms with van der Waals surface area (Å²) in [4.78, 5) is 0. The Labute approximate surface area is 132 Å². The summed E-state index contributed by atoms with van der Waals surface area (Å²) < 4.78 is 0. The van der Waals surface area contributed by atoms with Crippen LogP contribution in [-0.2, 0) is 0 Å². The van der Waals surface area contributed by atoms with Gasteiger partial charge in [0.15, 0.2) is 0 Å². The van der Waals surface area contributed by atoms with E-state index >= 15 is 0 Å². The Hall–Kier alpha value is -0.273. The van der Waals surface area contributed by atoms with E-state index in [9.17, 15) is 0 Å². The van der Waals surface area contributed by atoms with Crippen molar-refractivity contribution >= 4 is 25.6 Å². The molecular formula is C18H30ClSi. The fourth-order valence-electron chi connectivity index (χ4n) is 2.64. The van der Waals surface area contributed by atoms with Crippen molar-refractivity contribution in [2.75, 3.05) is 5.88 Å². The highest BCUT2D eigenvalue weighted by atomic mass is 35.5. The molecule has 113 valence electrons. The lowest BCUT2D eigenvalue weighted by molar-refractivity contribution is 0.623. The second-order valence-electron chi connectivity index (χ2n) is 5.63. The number of alkyl halides is 1. The summed E-state index contributed by atoms with van der Waals surface area (Å²) in [6.07, 6.45) is 10.9. The Morgan fingerprint density at radius 3 is 2.05 bits per heavy atom. The van der Waals surface area contributed by atoms with Crippen LogP contribution < -0.4 is 5.19 Å². The molecule has 0 aliphatic heterocycles. The predicted molar refractivity (Wildman–Crippen MR) is 94.8 cm³/mol. The Balaban J connectivity index is 2.31. The Kier molecular flexibility index (Phi) is 11.1. The fourth-order valence-corrected chi connectivity index (χ4v) is 5.67. The number of halogens is 1. The first kappa shape index (κ1) is 17.8. The Bertz CT molecular complexity index is 312. The third-order valence-corrected chi connectivity index (χ3v) is 7.21. The summed E-state index contributed by atoms with van der Waals surface area (Å²) in [7, 11) is -0.346. The van der Waals surface area contributed by atoms with Gasteiger partial charge in [0, 0.05) is 5.88 Å². The topological polar surface area (TPSA) is 0 Å². The van der Waals surface area contributed by atoms with Gasteiger partial charge in [-0.2, -0.15) is 0 Å². The minimum atomic E-state index is -0.346. The zero-order valence-corrected chi connectivity index (χ0v) is 14.8. The molecule has 0 N–H and O–H groups in total. The molecule has 1 aromatic carbocycles. The van der Waals surface area contributed by atoms with Crippen molar-refractivity contribution in [2.24, 2.45) is 0 Å². The third-order valence-electron chi connectivity index (χ3n) is 3.88. The molecule has 0 aliphatic carbocycles. The molecule has 0 aliphatic rings. The first-order valence-electron chi connectivity index (χ1n) is 8.34. The van der Waals surface area contributed by atoms with E-state index in [0.717, 1.165) is 5.88 Å². The summed E-state index contributed by atoms with van der Waals surface area (Å²) >= 11 is 5.82. The van der Waals surface area contributed by atoms with Crippen LogP contribution >= 0.6 is 11.6 Å². The normalized spacial score (nSPS) is 11.2. The molecule has 0 unspecified atom stereocenters. The first-order valence-corrected chi connectivity index (χ1v) is 10.8. The lowest BCUT2D eigenvalue weighted by atomic mass is 10.1. The summed E-state index contributed by atoms with van der Waals surface area (Å²) in [5.41, 5.74) is 0. The second kappa shape index (κ2) is 12.5. The van der Waals surface area contributed by atoms with Crippen molar-refractivity contribution in [2.45, 2.75) is 70.4 Å². The molecule has 0 amide bonds. The quantitative estimate of drug-likeness (QED) is 0.261. The predicted octanol–water partition coefficient (Wildman–Crippen LogP) is 5.77. The maximum atomic E-state index is 5.82. The smallest absolute Gasteiger partial charge is 0.0856 e. The van der Waals surface area contributed by atoms with Gasteiger partial charge in [0.25, 0.3) is 0 Å². The monoisotopic (exact) mass is 309 g/mol. The Morgan fingerprint density at radius 2 is 1.40 bits per heavy atom. The van der Waals surface area contributed by atoms with E-state index in [2.05, 4.69) is 37.3 Å². The standard InChI is InChI=1S/C18H30ClSi/c1-2-3-4-5-6-11-16-20(17-12-10-15-19)18-13-8-7-9-14-18/h7-9,13-14H,2-6,10-12,15-17H2,1H3. The van der Waals surface area contributed by atoms with E-state index < -0.39 is 0 Å². The fraction of sp³-hybridized carbons (Fsp3) is 0.667. The van der Waals surface area contributed by atoms with Crippen LogP contribution in [0, 0.1) is 0 Å². The number of hydrogen-bond donors (Lipinski definition) is 0. The van der Waals surface area contributed by atoms with Gasteiger partial charge >= 0.3 is 0 Å². The average Bonchev–Trinajstić information content (AvgIpc) is 2.50. The van der Waals surface area contributed by atoms with Crippen LogP contribution in [-0.4, -0.2) is 14.7 Å². The minimum absolute atomic E-state index is 0.346. The summed E-state index contributed by atoms with van der Waals surface area (Å²) in [6.45, 7) is 2.29. The average molecular weight is 310 g/mol. The lowest BCUT2D eigenvalue weighted by Gasteiger charge is -2.15. The molecule has 0 bridgehead atoms. The van der Waals surface area contributed by atoms with Gasteiger partial charge in [-0.25, -0.2) is 0 Å². The van der Waals surface area contributed by atoms with Gasteiger partial charge in [0.05, 0.1) is 8.80 Å². The van der Waals surface area contributed by atoms with Crippen molar-refractivity contribution in [1.29, 1.82) is 0 Å². The van der Waals surface area contributed by atoms with E-state index in [1.165, 1.54) is 63.5 Å². The number of benzene rings is 1. The van der Waals surface area contributed by atoms with Crippen LogP contribution in [0.4, 0.5) is 0 Å². The molecule has 0 atom stereocenters. The van der Waals surface area contributed by atoms with Gasteiger partial charge < -0.3 is 0 Å². The van der Waals surface area contributed by atoms with Crippen molar-refractivity contribution in [3.63, 3.8) is 0 Å². The summed E-state index contributed by atoms with van der Waals surface area (Å²) in [5.74, 6) is 0.820. The molecule has 0 nitrogen and oxygen atoms in total. The largest absolute Gasteiger partial charge is 0.127 e. The van der Waals surface area contributed by atoms with Gasteiger partial charge in [0.1, 0.15) is 0 Å². The SMILES string of the molecule is CCCCCCCC[Si](CCCCCl)c1ccccc1. The molecule has 0 saturated heterocycles. The molecule has 0 heterocycles. The highest BCUT2D eigenvalue weighted by molar-refractivity contribution is 6.73. The van der Waals surface area contributed by atoms with Crippen LogP contribution in [0.25, 0.3) is 0 Å². The van der Waals surface area contributed by atoms with E-state index in [4.69, 9.17) is 11.6 Å². The van der Waals surface area contributed by atoms with Crippen molar-refractivity contribution in [3.8, 4) is 0 Å². The number of unbranched alkanes of at least 4 members (excludes halogenated alkanes) is 6. The van der Waals surface area contributed by atoms with Gasteiger partial charge in [0.2, 0.25) is 0 Å². The van der Waals surface area contributed by atoms with Crippen LogP contribution in [0.5, 0.6) is 0 Å². The second-order valence-corrected chi connectivity index (χ2v) is 8.80. The van der Waals surface area contributed by atoms with Crippen LogP contribution in [0.3, 0.4) is 0 Å². The molecule has 1 rings (SSSR count). The number of hydrogen-bond acceptors (Lipinski definition) is 0. The van der Waals surface area contributed by atoms with E-state index in [1.807, 2.05) is 0 Å². The van der Waals surface area contributed by atoms with Crippen LogP contribution in [0.15, 0.2) is 30.3 Å². The molecule has 0 spiro atoms. The van der Waals surface area contributed by atoms with Crippen LogP contribution in [0.2, 0.25) is 12.1 Å². The molecule has 1 aromatic rings. The highest BCUT2D eigenvalue weighted by Crippen LogP contribution is 2.13. The first-order chi connectivity index (χ1) is 9.88. The van der Waals surface area contributed by atoms with Gasteiger partial charge in [-0.3, -0.25) is 0 Å². The van der Waals surface area contributed by atoms with Crippen molar-refractivity contribution in [1.82, 2.24) is 0 Å². The van der Waals surface area contributed by atoms with E-state index in [1.54, 1.807) is 5.19 Å². The molecule has 1 radical (unpaired) electrons. The highest BCUT2D eigenvalue weighted by Gasteiger charge is 2.12. The zero-order chi connectivity index (χ0) is 14.5. The maximum Gasteiger partial charge on any atom is 0.0856 e. The van der Waals surface area contributed by atoms with Crippen molar-refractivity contribution < 1.29 is 0 Å². The van der Waals surface area contributed by atoms with E-state index in [-0.39, 0.29) is 8.80 Å². The lowest BCUT2D eigenvalue weighted by Crippen LogP contribution is -2.29. The van der Waals surface area contributed by atoms with Gasteiger partial charge in [-0.1, -0.05) is 99.5 Å².